The van der Waals surface area contributed by atoms with E-state index in [1.165, 1.54) is 11.1 Å². The highest BCUT2D eigenvalue weighted by molar-refractivity contribution is 5.80. The summed E-state index contributed by atoms with van der Waals surface area (Å²) in [6.07, 6.45) is 0.973. The van der Waals surface area contributed by atoms with Crippen LogP contribution in [0.15, 0.2) is 17.1 Å². The summed E-state index contributed by atoms with van der Waals surface area (Å²) in [7, 11) is 3.36. The average Bonchev–Trinajstić information content (AvgIpc) is 2.61. The third kappa shape index (κ3) is 5.53. The zero-order chi connectivity index (χ0) is 19.2. The average molecular weight is 363 g/mol. The van der Waals surface area contributed by atoms with E-state index < -0.39 is 0 Å². The molecule has 0 atom stereocenters. The van der Waals surface area contributed by atoms with Crippen LogP contribution in [0.1, 0.15) is 38.8 Å². The Balaban J connectivity index is 2.09. The van der Waals surface area contributed by atoms with Gasteiger partial charge in [0.1, 0.15) is 0 Å². The highest BCUT2D eigenvalue weighted by Crippen LogP contribution is 2.33. The van der Waals surface area contributed by atoms with Gasteiger partial charge in [0, 0.05) is 31.7 Å². The van der Waals surface area contributed by atoms with E-state index in [2.05, 4.69) is 55.4 Å². The summed E-state index contributed by atoms with van der Waals surface area (Å²) >= 11 is 0. The van der Waals surface area contributed by atoms with E-state index >= 15 is 0 Å². The molecule has 1 aromatic rings. The van der Waals surface area contributed by atoms with E-state index in [1.807, 2.05) is 0 Å². The highest BCUT2D eigenvalue weighted by Gasteiger charge is 2.21. The Hall–Kier alpha value is -1.95. The Morgan fingerprint density at radius 2 is 1.81 bits per heavy atom. The number of benzene rings is 1. The fraction of sp³-hybridized carbons (Fsp3) is 0.650. The fourth-order valence-electron chi connectivity index (χ4n) is 3.08. The summed E-state index contributed by atoms with van der Waals surface area (Å²) in [4.78, 5) is 7.12. The number of nitrogens with one attached hydrogen (secondary N) is 2. The van der Waals surface area contributed by atoms with E-state index in [0.717, 1.165) is 56.6 Å². The summed E-state index contributed by atoms with van der Waals surface area (Å²) in [6.45, 7) is 12.9. The van der Waals surface area contributed by atoms with Gasteiger partial charge in [-0.3, -0.25) is 4.99 Å². The maximum Gasteiger partial charge on any atom is 0.194 e. The second kappa shape index (κ2) is 9.12. The van der Waals surface area contributed by atoms with Gasteiger partial charge in [-0.05, 0) is 57.4 Å². The Labute approximate surface area is 158 Å². The molecule has 0 saturated carbocycles. The van der Waals surface area contributed by atoms with Gasteiger partial charge in [0.15, 0.2) is 17.5 Å². The fourth-order valence-corrected chi connectivity index (χ4v) is 3.08. The van der Waals surface area contributed by atoms with Gasteiger partial charge in [0.25, 0.3) is 0 Å². The van der Waals surface area contributed by atoms with E-state index in [0.29, 0.717) is 0 Å². The van der Waals surface area contributed by atoms with E-state index in [4.69, 9.17) is 14.5 Å². The standard InChI is InChI=1S/C20H34N4O2/c1-7-21-19(22-9-10-23-20(2,3)4)24-11-8-15-12-17(25-5)18(26-6)13-16(15)14-24/h12-13,23H,7-11,14H2,1-6H3,(H,21,22). The minimum absolute atomic E-state index is 0.119. The van der Waals surface area contributed by atoms with Gasteiger partial charge >= 0.3 is 0 Å². The molecule has 146 valence electrons. The van der Waals surface area contributed by atoms with Crippen LogP contribution in [0.2, 0.25) is 0 Å². The Morgan fingerprint density at radius 1 is 1.15 bits per heavy atom. The second-order valence-corrected chi connectivity index (χ2v) is 7.56. The van der Waals surface area contributed by atoms with Crippen LogP contribution in [-0.2, 0) is 13.0 Å². The third-order valence-electron chi connectivity index (χ3n) is 4.38. The number of aliphatic imine (C=N–C) groups is 1. The van der Waals surface area contributed by atoms with Crippen molar-refractivity contribution in [2.75, 3.05) is 40.4 Å². The van der Waals surface area contributed by atoms with Crippen molar-refractivity contribution in [2.24, 2.45) is 4.99 Å². The molecule has 1 heterocycles. The molecule has 0 spiro atoms. The molecule has 0 radical (unpaired) electrons. The lowest BCUT2D eigenvalue weighted by atomic mass is 9.99. The number of fused-ring (bicyclic) bond motifs is 1. The Bertz CT molecular complexity index is 623. The molecule has 0 aliphatic carbocycles. The molecule has 1 aliphatic rings. The number of hydrogen-bond donors (Lipinski definition) is 2. The van der Waals surface area contributed by atoms with Crippen LogP contribution in [0.4, 0.5) is 0 Å². The largest absolute Gasteiger partial charge is 0.493 e. The van der Waals surface area contributed by atoms with Gasteiger partial charge in [-0.2, -0.15) is 0 Å². The van der Waals surface area contributed by atoms with Gasteiger partial charge in [0.2, 0.25) is 0 Å². The molecule has 0 aromatic heterocycles. The number of hydrogen-bond acceptors (Lipinski definition) is 4. The van der Waals surface area contributed by atoms with Crippen LogP contribution in [0.25, 0.3) is 0 Å². The van der Waals surface area contributed by atoms with Crippen molar-refractivity contribution in [3.63, 3.8) is 0 Å². The molecule has 1 aromatic carbocycles. The summed E-state index contributed by atoms with van der Waals surface area (Å²) in [5.74, 6) is 2.56. The van der Waals surface area contributed by atoms with Crippen LogP contribution in [0, 0.1) is 0 Å². The number of guanidine groups is 1. The molecule has 6 nitrogen and oxygen atoms in total. The van der Waals surface area contributed by atoms with Crippen LogP contribution in [-0.4, -0.2) is 56.8 Å². The normalized spacial score (nSPS) is 14.8. The van der Waals surface area contributed by atoms with Crippen molar-refractivity contribution < 1.29 is 9.47 Å². The summed E-state index contributed by atoms with van der Waals surface area (Å²) in [6, 6.07) is 4.19. The summed E-state index contributed by atoms with van der Waals surface area (Å²) in [5, 5.41) is 6.91. The first-order chi connectivity index (χ1) is 12.4. The number of methoxy groups -OCH3 is 2. The summed E-state index contributed by atoms with van der Waals surface area (Å²) in [5.41, 5.74) is 2.71. The van der Waals surface area contributed by atoms with Gasteiger partial charge < -0.3 is 25.0 Å². The van der Waals surface area contributed by atoms with Gasteiger partial charge in [0.05, 0.1) is 20.8 Å². The van der Waals surface area contributed by atoms with Crippen molar-refractivity contribution in [1.29, 1.82) is 0 Å². The van der Waals surface area contributed by atoms with Crippen molar-refractivity contribution in [3.05, 3.63) is 23.3 Å². The Morgan fingerprint density at radius 3 is 2.38 bits per heavy atom. The zero-order valence-electron chi connectivity index (χ0n) is 17.1. The zero-order valence-corrected chi connectivity index (χ0v) is 17.1. The maximum atomic E-state index is 5.46. The molecule has 1 aliphatic heterocycles. The molecular weight excluding hydrogens is 328 g/mol. The minimum atomic E-state index is 0.119. The van der Waals surface area contributed by atoms with Gasteiger partial charge in [-0.1, -0.05) is 0 Å². The molecular formula is C20H34N4O2. The quantitative estimate of drug-likeness (QED) is 0.462. The molecule has 0 fully saturated rings. The van der Waals surface area contributed by atoms with Crippen molar-refractivity contribution in [1.82, 2.24) is 15.5 Å². The lowest BCUT2D eigenvalue weighted by Gasteiger charge is -2.32. The van der Waals surface area contributed by atoms with Crippen molar-refractivity contribution in [2.45, 2.75) is 46.2 Å². The van der Waals surface area contributed by atoms with Crippen LogP contribution in [0.5, 0.6) is 11.5 Å². The minimum Gasteiger partial charge on any atom is -0.493 e. The number of ether oxygens (including phenoxy) is 2. The van der Waals surface area contributed by atoms with E-state index in [1.54, 1.807) is 14.2 Å². The first-order valence-corrected chi connectivity index (χ1v) is 9.40. The van der Waals surface area contributed by atoms with Crippen LogP contribution < -0.4 is 20.1 Å². The Kier molecular flexibility index (Phi) is 7.14. The maximum absolute atomic E-state index is 5.46. The molecule has 0 amide bonds. The van der Waals surface area contributed by atoms with Gasteiger partial charge in [-0.15, -0.1) is 0 Å². The van der Waals surface area contributed by atoms with Gasteiger partial charge in [-0.25, -0.2) is 0 Å². The van der Waals surface area contributed by atoms with E-state index in [9.17, 15) is 0 Å². The monoisotopic (exact) mass is 362 g/mol. The predicted molar refractivity (Wildman–Crippen MR) is 107 cm³/mol. The van der Waals surface area contributed by atoms with Crippen molar-refractivity contribution >= 4 is 5.96 Å². The summed E-state index contributed by atoms with van der Waals surface area (Å²) < 4.78 is 10.9. The molecule has 0 bridgehead atoms. The SMILES string of the molecule is CCNC(=NCCNC(C)(C)C)N1CCc2cc(OC)c(OC)cc2C1. The second-order valence-electron chi connectivity index (χ2n) is 7.56. The smallest absolute Gasteiger partial charge is 0.194 e. The predicted octanol–water partition coefficient (Wildman–Crippen LogP) is 2.42. The number of nitrogens with zero attached hydrogens (tertiary/aromatic N) is 2. The molecule has 6 heteroatoms. The van der Waals surface area contributed by atoms with Crippen molar-refractivity contribution in [3.8, 4) is 11.5 Å². The first-order valence-electron chi connectivity index (χ1n) is 9.40. The first kappa shape index (κ1) is 20.4. The topological polar surface area (TPSA) is 58.1 Å². The molecule has 2 rings (SSSR count). The van der Waals surface area contributed by atoms with Crippen LogP contribution in [0.3, 0.4) is 0 Å². The highest BCUT2D eigenvalue weighted by atomic mass is 16.5. The van der Waals surface area contributed by atoms with E-state index in [-0.39, 0.29) is 5.54 Å². The molecule has 26 heavy (non-hydrogen) atoms. The third-order valence-corrected chi connectivity index (χ3v) is 4.38. The molecule has 0 saturated heterocycles. The number of rotatable bonds is 6. The molecule has 2 N–H and O–H groups in total. The lowest BCUT2D eigenvalue weighted by Crippen LogP contribution is -2.44. The van der Waals surface area contributed by atoms with Crippen LogP contribution >= 0.6 is 0 Å². The lowest BCUT2D eigenvalue weighted by molar-refractivity contribution is 0.345. The molecule has 0 unspecified atom stereocenters.